The molecule has 0 fully saturated rings. The van der Waals surface area contributed by atoms with Crippen molar-refractivity contribution in [2.45, 2.75) is 16.3 Å². The Balaban J connectivity index is 1.83. The molecule has 2 heterocycles. The molecule has 0 saturated carbocycles. The van der Waals surface area contributed by atoms with Gasteiger partial charge in [-0.25, -0.2) is 9.78 Å². The van der Waals surface area contributed by atoms with Crippen molar-refractivity contribution in [3.05, 3.63) is 42.1 Å². The van der Waals surface area contributed by atoms with E-state index in [1.54, 1.807) is 6.07 Å². The molecule has 0 amide bonds. The van der Waals surface area contributed by atoms with E-state index in [-0.39, 0.29) is 5.56 Å². The van der Waals surface area contributed by atoms with E-state index in [0.29, 0.717) is 24.0 Å². The average molecular weight is 303 g/mol. The lowest BCUT2D eigenvalue weighted by atomic mass is 10.3. The standard InChI is InChI=1S/C15H13NO4S/c17-15(18)10-4-5-16-14(8-10)21-11-2-3-12-13(9-11)20-7-1-6-19-12/h2-5,8-9H,1,6-7H2,(H,17,18). The first-order valence-corrected chi connectivity index (χ1v) is 7.31. The number of hydrogen-bond donors (Lipinski definition) is 1. The number of rotatable bonds is 3. The summed E-state index contributed by atoms with van der Waals surface area (Å²) >= 11 is 1.39. The number of carboxylic acids is 1. The monoisotopic (exact) mass is 303 g/mol. The van der Waals surface area contributed by atoms with Crippen molar-refractivity contribution in [1.82, 2.24) is 4.98 Å². The Morgan fingerprint density at radius 2 is 1.95 bits per heavy atom. The normalized spacial score (nSPS) is 13.5. The highest BCUT2D eigenvalue weighted by Gasteiger charge is 2.12. The van der Waals surface area contributed by atoms with E-state index in [2.05, 4.69) is 4.98 Å². The van der Waals surface area contributed by atoms with Crippen LogP contribution < -0.4 is 9.47 Å². The number of aromatic carboxylic acids is 1. The lowest BCUT2D eigenvalue weighted by Crippen LogP contribution is -1.97. The van der Waals surface area contributed by atoms with Gasteiger partial charge in [-0.15, -0.1) is 0 Å². The smallest absolute Gasteiger partial charge is 0.335 e. The van der Waals surface area contributed by atoms with Gasteiger partial charge < -0.3 is 14.6 Å². The van der Waals surface area contributed by atoms with Crippen LogP contribution in [0.25, 0.3) is 0 Å². The third kappa shape index (κ3) is 3.28. The minimum Gasteiger partial charge on any atom is -0.490 e. The number of pyridine rings is 1. The zero-order valence-electron chi connectivity index (χ0n) is 11.1. The van der Waals surface area contributed by atoms with Gasteiger partial charge in [0.05, 0.1) is 18.8 Å². The predicted octanol–water partition coefficient (Wildman–Crippen LogP) is 3.09. The van der Waals surface area contributed by atoms with Gasteiger partial charge in [0.25, 0.3) is 0 Å². The number of nitrogens with zero attached hydrogens (tertiary/aromatic N) is 1. The predicted molar refractivity (Wildman–Crippen MR) is 77.4 cm³/mol. The summed E-state index contributed by atoms with van der Waals surface area (Å²) in [7, 11) is 0. The second-order valence-electron chi connectivity index (χ2n) is 4.45. The van der Waals surface area contributed by atoms with Crippen molar-refractivity contribution in [2.24, 2.45) is 0 Å². The first-order valence-electron chi connectivity index (χ1n) is 6.49. The quantitative estimate of drug-likeness (QED) is 0.939. The van der Waals surface area contributed by atoms with Crippen molar-refractivity contribution in [1.29, 1.82) is 0 Å². The lowest BCUT2D eigenvalue weighted by molar-refractivity contribution is 0.0696. The number of fused-ring (bicyclic) bond motifs is 1. The van der Waals surface area contributed by atoms with Crippen molar-refractivity contribution >= 4 is 17.7 Å². The molecule has 3 rings (SSSR count). The summed E-state index contributed by atoms with van der Waals surface area (Å²) in [4.78, 5) is 16.1. The van der Waals surface area contributed by atoms with Gasteiger partial charge in [0.15, 0.2) is 11.5 Å². The fourth-order valence-corrected chi connectivity index (χ4v) is 2.77. The number of benzene rings is 1. The summed E-state index contributed by atoms with van der Waals surface area (Å²) in [5, 5.41) is 9.62. The molecule has 108 valence electrons. The first-order chi connectivity index (χ1) is 10.2. The summed E-state index contributed by atoms with van der Waals surface area (Å²) in [5.74, 6) is 0.494. The number of aromatic nitrogens is 1. The molecule has 1 aromatic heterocycles. The van der Waals surface area contributed by atoms with Crippen LogP contribution in [-0.4, -0.2) is 29.3 Å². The minimum absolute atomic E-state index is 0.224. The van der Waals surface area contributed by atoms with Crippen molar-refractivity contribution in [2.75, 3.05) is 13.2 Å². The Bertz CT molecular complexity index is 674. The van der Waals surface area contributed by atoms with Gasteiger partial charge in [0.2, 0.25) is 0 Å². The van der Waals surface area contributed by atoms with E-state index < -0.39 is 5.97 Å². The summed E-state index contributed by atoms with van der Waals surface area (Å²) in [5.41, 5.74) is 0.224. The maximum absolute atomic E-state index is 11.0. The summed E-state index contributed by atoms with van der Waals surface area (Å²) in [6.45, 7) is 1.29. The van der Waals surface area contributed by atoms with E-state index in [9.17, 15) is 4.79 Å². The second-order valence-corrected chi connectivity index (χ2v) is 5.54. The second kappa shape index (κ2) is 6.05. The highest BCUT2D eigenvalue weighted by molar-refractivity contribution is 7.99. The van der Waals surface area contributed by atoms with Crippen LogP contribution in [0.15, 0.2) is 46.5 Å². The van der Waals surface area contributed by atoms with E-state index in [4.69, 9.17) is 14.6 Å². The van der Waals surface area contributed by atoms with Gasteiger partial charge in [-0.1, -0.05) is 11.8 Å². The maximum Gasteiger partial charge on any atom is 0.335 e. The molecule has 0 bridgehead atoms. The van der Waals surface area contributed by atoms with Crippen LogP contribution in [0.3, 0.4) is 0 Å². The molecule has 0 atom stereocenters. The molecular weight excluding hydrogens is 290 g/mol. The van der Waals surface area contributed by atoms with Gasteiger partial charge in [-0.2, -0.15) is 0 Å². The number of carboxylic acid groups (broad SMARTS) is 1. The zero-order valence-corrected chi connectivity index (χ0v) is 11.9. The largest absolute Gasteiger partial charge is 0.490 e. The first kappa shape index (κ1) is 13.8. The third-order valence-electron chi connectivity index (χ3n) is 2.92. The molecule has 0 aliphatic carbocycles. The Labute approximate surface area is 125 Å². The van der Waals surface area contributed by atoms with Crippen LogP contribution in [0, 0.1) is 0 Å². The van der Waals surface area contributed by atoms with Gasteiger partial charge in [0, 0.05) is 17.5 Å². The van der Waals surface area contributed by atoms with Gasteiger partial charge >= 0.3 is 5.97 Å². The topological polar surface area (TPSA) is 68.7 Å². The average Bonchev–Trinajstić information content (AvgIpc) is 2.72. The fourth-order valence-electron chi connectivity index (χ4n) is 1.93. The fraction of sp³-hybridized carbons (Fsp3) is 0.200. The minimum atomic E-state index is -0.960. The molecule has 1 aromatic carbocycles. The summed E-state index contributed by atoms with van der Waals surface area (Å²) in [6.07, 6.45) is 2.36. The number of ether oxygens (including phenoxy) is 2. The Hall–Kier alpha value is -2.21. The van der Waals surface area contributed by atoms with Crippen LogP contribution in [0.5, 0.6) is 11.5 Å². The number of carbonyl (C=O) groups is 1. The SMILES string of the molecule is O=C(O)c1ccnc(Sc2ccc3c(c2)OCCCO3)c1. The zero-order chi connectivity index (χ0) is 14.7. The lowest BCUT2D eigenvalue weighted by Gasteiger charge is -2.09. The van der Waals surface area contributed by atoms with E-state index in [0.717, 1.165) is 17.1 Å². The molecule has 2 aromatic rings. The molecular formula is C15H13NO4S. The van der Waals surface area contributed by atoms with Gasteiger partial charge in [-0.05, 0) is 30.3 Å². The molecule has 6 heteroatoms. The Morgan fingerprint density at radius 1 is 1.14 bits per heavy atom. The molecule has 0 spiro atoms. The molecule has 21 heavy (non-hydrogen) atoms. The van der Waals surface area contributed by atoms with Crippen LogP contribution in [0.4, 0.5) is 0 Å². The molecule has 0 radical (unpaired) electrons. The van der Waals surface area contributed by atoms with Crippen molar-refractivity contribution in [3.63, 3.8) is 0 Å². The van der Waals surface area contributed by atoms with Crippen LogP contribution in [-0.2, 0) is 0 Å². The molecule has 0 saturated heterocycles. The molecule has 1 aliphatic rings. The Morgan fingerprint density at radius 3 is 2.76 bits per heavy atom. The van der Waals surface area contributed by atoms with E-state index in [1.807, 2.05) is 18.2 Å². The van der Waals surface area contributed by atoms with Gasteiger partial charge in [0.1, 0.15) is 5.03 Å². The van der Waals surface area contributed by atoms with Crippen LogP contribution in [0.2, 0.25) is 0 Å². The number of hydrogen-bond acceptors (Lipinski definition) is 5. The molecule has 5 nitrogen and oxygen atoms in total. The van der Waals surface area contributed by atoms with Crippen LogP contribution >= 0.6 is 11.8 Å². The molecule has 1 N–H and O–H groups in total. The summed E-state index contributed by atoms with van der Waals surface area (Å²) in [6, 6.07) is 8.69. The summed E-state index contributed by atoms with van der Waals surface area (Å²) < 4.78 is 11.2. The molecule has 0 unspecified atom stereocenters. The van der Waals surface area contributed by atoms with Crippen molar-refractivity contribution < 1.29 is 19.4 Å². The third-order valence-corrected chi connectivity index (χ3v) is 3.85. The Kier molecular flexibility index (Phi) is 3.96. The highest BCUT2D eigenvalue weighted by atomic mass is 32.2. The molecule has 1 aliphatic heterocycles. The van der Waals surface area contributed by atoms with Crippen molar-refractivity contribution in [3.8, 4) is 11.5 Å². The maximum atomic E-state index is 11.0. The van der Waals surface area contributed by atoms with E-state index >= 15 is 0 Å². The van der Waals surface area contributed by atoms with Crippen LogP contribution in [0.1, 0.15) is 16.8 Å². The van der Waals surface area contributed by atoms with Gasteiger partial charge in [-0.3, -0.25) is 0 Å². The van der Waals surface area contributed by atoms with E-state index in [1.165, 1.54) is 24.0 Å². The highest BCUT2D eigenvalue weighted by Crippen LogP contribution is 2.36.